The summed E-state index contributed by atoms with van der Waals surface area (Å²) in [5.41, 5.74) is 1.93. The smallest absolute Gasteiger partial charge is 0.247 e. The van der Waals surface area contributed by atoms with Gasteiger partial charge in [0.1, 0.15) is 0 Å². The highest BCUT2D eigenvalue weighted by Crippen LogP contribution is 2.12. The van der Waals surface area contributed by atoms with E-state index in [-0.39, 0.29) is 11.9 Å². The van der Waals surface area contributed by atoms with E-state index in [0.29, 0.717) is 0 Å². The third kappa shape index (κ3) is 4.85. The highest BCUT2D eigenvalue weighted by atomic mass is 16.1. The fourth-order valence-electron chi connectivity index (χ4n) is 1.63. The first-order valence-electron chi connectivity index (χ1n) is 6.20. The number of carbonyl (C=O) groups is 1. The van der Waals surface area contributed by atoms with Gasteiger partial charge in [0.2, 0.25) is 5.91 Å². The van der Waals surface area contributed by atoms with E-state index < -0.39 is 0 Å². The summed E-state index contributed by atoms with van der Waals surface area (Å²) in [6.45, 7) is 6.04. The molecule has 0 fully saturated rings. The first-order chi connectivity index (χ1) is 8.13. The van der Waals surface area contributed by atoms with Crippen LogP contribution in [-0.4, -0.2) is 11.9 Å². The molecule has 0 aliphatic rings. The van der Waals surface area contributed by atoms with E-state index in [1.807, 2.05) is 50.3 Å². The maximum Gasteiger partial charge on any atom is 0.247 e. The molecule has 2 heteroatoms. The van der Waals surface area contributed by atoms with E-state index in [1.165, 1.54) is 0 Å². The molecule has 2 nitrogen and oxygen atoms in total. The Balaban J connectivity index is 2.85. The fraction of sp³-hybridized carbons (Fsp3) is 0.400. The molecule has 0 bridgehead atoms. The lowest BCUT2D eigenvalue weighted by Gasteiger charge is -2.11. The van der Waals surface area contributed by atoms with Crippen molar-refractivity contribution < 1.29 is 4.79 Å². The van der Waals surface area contributed by atoms with Gasteiger partial charge >= 0.3 is 0 Å². The van der Waals surface area contributed by atoms with Crippen LogP contribution in [0.5, 0.6) is 0 Å². The molecule has 0 saturated carbocycles. The lowest BCUT2D eigenvalue weighted by atomic mass is 10.1. The Morgan fingerprint density at radius 3 is 2.47 bits per heavy atom. The van der Waals surface area contributed by atoms with E-state index >= 15 is 0 Å². The number of carbonyl (C=O) groups excluding carboxylic acids is 1. The van der Waals surface area contributed by atoms with Crippen LogP contribution in [0, 0.1) is 0 Å². The molecule has 92 valence electrons. The van der Waals surface area contributed by atoms with Crippen LogP contribution in [0.2, 0.25) is 0 Å². The second-order valence-electron chi connectivity index (χ2n) is 4.46. The number of hydrogen-bond acceptors (Lipinski definition) is 1. The molecule has 0 heterocycles. The topological polar surface area (TPSA) is 29.1 Å². The third-order valence-electron chi connectivity index (χ3n) is 2.37. The molecule has 1 N–H and O–H groups in total. The standard InChI is InChI=1S/C15H21NO/c1-4-8-14(15(17)16-12(2)3)11-13-9-6-5-7-10-13/h5-7,9-12H,4,8H2,1-3H3,(H,16,17)/b14-11+. The first kappa shape index (κ1) is 13.5. The van der Waals surface area contributed by atoms with Crippen molar-refractivity contribution in [3.05, 3.63) is 41.5 Å². The molecule has 0 saturated heterocycles. The summed E-state index contributed by atoms with van der Waals surface area (Å²) < 4.78 is 0. The number of nitrogens with one attached hydrogen (secondary N) is 1. The van der Waals surface area contributed by atoms with Gasteiger partial charge in [-0.15, -0.1) is 0 Å². The highest BCUT2D eigenvalue weighted by molar-refractivity contribution is 5.97. The van der Waals surface area contributed by atoms with Gasteiger partial charge in [0.15, 0.2) is 0 Å². The van der Waals surface area contributed by atoms with Crippen LogP contribution in [0.4, 0.5) is 0 Å². The molecule has 0 aliphatic carbocycles. The van der Waals surface area contributed by atoms with Gasteiger partial charge in [-0.2, -0.15) is 0 Å². The Labute approximate surface area is 104 Å². The molecule has 1 aromatic carbocycles. The van der Waals surface area contributed by atoms with Crippen LogP contribution >= 0.6 is 0 Å². The monoisotopic (exact) mass is 231 g/mol. The summed E-state index contributed by atoms with van der Waals surface area (Å²) in [6, 6.07) is 10.1. The molecule has 1 aromatic rings. The van der Waals surface area contributed by atoms with Gasteiger partial charge in [0, 0.05) is 11.6 Å². The van der Waals surface area contributed by atoms with Crippen molar-refractivity contribution in [2.24, 2.45) is 0 Å². The van der Waals surface area contributed by atoms with Gasteiger partial charge in [-0.1, -0.05) is 43.7 Å². The Kier molecular flexibility index (Phi) is 5.47. The molecule has 0 aliphatic heterocycles. The third-order valence-corrected chi connectivity index (χ3v) is 2.37. The minimum atomic E-state index is 0.0469. The van der Waals surface area contributed by atoms with E-state index in [1.54, 1.807) is 0 Å². The zero-order chi connectivity index (χ0) is 12.7. The second kappa shape index (κ2) is 6.89. The molecule has 1 amide bonds. The Bertz CT molecular complexity index is 379. The van der Waals surface area contributed by atoms with Crippen LogP contribution in [0.1, 0.15) is 39.2 Å². The quantitative estimate of drug-likeness (QED) is 0.773. The van der Waals surface area contributed by atoms with Gasteiger partial charge in [-0.3, -0.25) is 4.79 Å². The lowest BCUT2D eigenvalue weighted by molar-refractivity contribution is -0.118. The van der Waals surface area contributed by atoms with Crippen LogP contribution in [-0.2, 0) is 4.79 Å². The average molecular weight is 231 g/mol. The minimum absolute atomic E-state index is 0.0469. The zero-order valence-electron chi connectivity index (χ0n) is 10.9. The number of benzene rings is 1. The SMILES string of the molecule is CCC/C(=C\c1ccccc1)C(=O)NC(C)C. The molecular weight excluding hydrogens is 210 g/mol. The average Bonchev–Trinajstić information content (AvgIpc) is 2.29. The predicted octanol–water partition coefficient (Wildman–Crippen LogP) is 3.39. The van der Waals surface area contributed by atoms with Crippen molar-refractivity contribution in [2.75, 3.05) is 0 Å². The lowest BCUT2D eigenvalue weighted by Crippen LogP contribution is -2.31. The summed E-state index contributed by atoms with van der Waals surface area (Å²) in [7, 11) is 0. The maximum absolute atomic E-state index is 12.0. The molecule has 0 atom stereocenters. The number of hydrogen-bond donors (Lipinski definition) is 1. The van der Waals surface area contributed by atoms with Crippen LogP contribution in [0.25, 0.3) is 6.08 Å². The van der Waals surface area contributed by atoms with Crippen LogP contribution < -0.4 is 5.32 Å². The van der Waals surface area contributed by atoms with E-state index in [9.17, 15) is 4.79 Å². The van der Waals surface area contributed by atoms with Gasteiger partial charge in [-0.05, 0) is 31.9 Å². The van der Waals surface area contributed by atoms with Crippen molar-refractivity contribution in [3.63, 3.8) is 0 Å². The normalized spacial score (nSPS) is 11.6. The highest BCUT2D eigenvalue weighted by Gasteiger charge is 2.09. The zero-order valence-corrected chi connectivity index (χ0v) is 10.9. The van der Waals surface area contributed by atoms with Gasteiger partial charge < -0.3 is 5.32 Å². The maximum atomic E-state index is 12.0. The second-order valence-corrected chi connectivity index (χ2v) is 4.46. The van der Waals surface area contributed by atoms with E-state index in [2.05, 4.69) is 12.2 Å². The minimum Gasteiger partial charge on any atom is -0.350 e. The summed E-state index contributed by atoms with van der Waals surface area (Å²) in [5.74, 6) is 0.0469. The molecule has 0 spiro atoms. The first-order valence-corrected chi connectivity index (χ1v) is 6.20. The van der Waals surface area contributed by atoms with Crippen molar-refractivity contribution >= 4 is 12.0 Å². The van der Waals surface area contributed by atoms with Gasteiger partial charge in [-0.25, -0.2) is 0 Å². The molecule has 0 aromatic heterocycles. The van der Waals surface area contributed by atoms with Crippen molar-refractivity contribution in [1.29, 1.82) is 0 Å². The summed E-state index contributed by atoms with van der Waals surface area (Å²) in [4.78, 5) is 12.0. The van der Waals surface area contributed by atoms with Gasteiger partial charge in [0.25, 0.3) is 0 Å². The van der Waals surface area contributed by atoms with E-state index in [4.69, 9.17) is 0 Å². The largest absolute Gasteiger partial charge is 0.350 e. The fourth-order valence-corrected chi connectivity index (χ4v) is 1.63. The summed E-state index contributed by atoms with van der Waals surface area (Å²) in [6.07, 6.45) is 3.76. The van der Waals surface area contributed by atoms with Crippen LogP contribution in [0.15, 0.2) is 35.9 Å². The predicted molar refractivity (Wildman–Crippen MR) is 72.6 cm³/mol. The molecule has 0 unspecified atom stereocenters. The summed E-state index contributed by atoms with van der Waals surface area (Å²) in [5, 5.41) is 2.94. The van der Waals surface area contributed by atoms with Gasteiger partial charge in [0.05, 0.1) is 0 Å². The van der Waals surface area contributed by atoms with Crippen molar-refractivity contribution in [1.82, 2.24) is 5.32 Å². The van der Waals surface area contributed by atoms with Crippen LogP contribution in [0.3, 0.4) is 0 Å². The van der Waals surface area contributed by atoms with E-state index in [0.717, 1.165) is 24.0 Å². The molecule has 1 rings (SSSR count). The Morgan fingerprint density at radius 2 is 1.94 bits per heavy atom. The number of amides is 1. The molecular formula is C15H21NO. The Hall–Kier alpha value is -1.57. The molecule has 0 radical (unpaired) electrons. The van der Waals surface area contributed by atoms with Crippen molar-refractivity contribution in [2.45, 2.75) is 39.7 Å². The Morgan fingerprint density at radius 1 is 1.29 bits per heavy atom. The number of rotatable bonds is 5. The summed E-state index contributed by atoms with van der Waals surface area (Å²) >= 11 is 0. The molecule has 17 heavy (non-hydrogen) atoms. The van der Waals surface area contributed by atoms with Crippen molar-refractivity contribution in [3.8, 4) is 0 Å².